The van der Waals surface area contributed by atoms with Gasteiger partial charge in [-0.05, 0) is 49.9 Å². The number of benzene rings is 1. The summed E-state index contributed by atoms with van der Waals surface area (Å²) in [4.78, 5) is 11.6. The van der Waals surface area contributed by atoms with Crippen molar-refractivity contribution >= 4 is 11.8 Å². The van der Waals surface area contributed by atoms with Crippen LogP contribution >= 0.6 is 0 Å². The van der Waals surface area contributed by atoms with Crippen LogP contribution < -0.4 is 25.4 Å². The highest BCUT2D eigenvalue weighted by atomic mass is 16.5. The van der Waals surface area contributed by atoms with E-state index in [0.717, 1.165) is 53.6 Å². The summed E-state index contributed by atoms with van der Waals surface area (Å²) in [5.74, 6) is 2.95. The van der Waals surface area contributed by atoms with Crippen molar-refractivity contribution < 1.29 is 9.47 Å². The number of guanidine groups is 1. The largest absolute Gasteiger partial charge is 0.493 e. The van der Waals surface area contributed by atoms with Crippen LogP contribution in [-0.2, 0) is 13.0 Å². The van der Waals surface area contributed by atoms with E-state index in [9.17, 15) is 0 Å². The number of aliphatic imine (C=N–C) groups is 1. The molecule has 7 nitrogen and oxygen atoms in total. The van der Waals surface area contributed by atoms with Crippen molar-refractivity contribution in [3.63, 3.8) is 0 Å². The van der Waals surface area contributed by atoms with Gasteiger partial charge in [-0.3, -0.25) is 0 Å². The van der Waals surface area contributed by atoms with Crippen LogP contribution in [0.3, 0.4) is 0 Å². The second kappa shape index (κ2) is 10.0. The number of nitrogens with two attached hydrogens (primary N) is 1. The predicted molar refractivity (Wildman–Crippen MR) is 117 cm³/mol. The number of hydrogen-bond donors (Lipinski definition) is 2. The maximum absolute atomic E-state index is 6.08. The van der Waals surface area contributed by atoms with Crippen LogP contribution in [0, 0.1) is 6.92 Å². The van der Waals surface area contributed by atoms with Gasteiger partial charge in [0.05, 0.1) is 20.8 Å². The van der Waals surface area contributed by atoms with Gasteiger partial charge in [0.15, 0.2) is 17.5 Å². The molecule has 29 heavy (non-hydrogen) atoms. The SMILES string of the molecule is COc1ccc(CCNC(N)=NCc2ccc(C)nc2N2CCCC2)cc1OC. The van der Waals surface area contributed by atoms with Crippen molar-refractivity contribution in [2.45, 2.75) is 32.7 Å². The van der Waals surface area contributed by atoms with Gasteiger partial charge in [-0.25, -0.2) is 9.98 Å². The molecule has 1 aliphatic rings. The number of nitrogens with one attached hydrogen (secondary N) is 1. The summed E-state index contributed by atoms with van der Waals surface area (Å²) in [5, 5.41) is 3.19. The van der Waals surface area contributed by atoms with Crippen LogP contribution in [-0.4, -0.2) is 44.8 Å². The van der Waals surface area contributed by atoms with Crippen molar-refractivity contribution in [1.82, 2.24) is 10.3 Å². The highest BCUT2D eigenvalue weighted by molar-refractivity contribution is 5.77. The van der Waals surface area contributed by atoms with Gasteiger partial charge in [-0.1, -0.05) is 12.1 Å². The molecule has 2 heterocycles. The van der Waals surface area contributed by atoms with Crippen LogP contribution in [0.1, 0.15) is 29.7 Å². The molecule has 3 rings (SSSR count). The van der Waals surface area contributed by atoms with Crippen molar-refractivity contribution in [2.75, 3.05) is 38.8 Å². The zero-order valence-corrected chi connectivity index (χ0v) is 17.6. The van der Waals surface area contributed by atoms with Gasteiger partial charge in [-0.2, -0.15) is 0 Å². The lowest BCUT2D eigenvalue weighted by atomic mass is 10.1. The summed E-state index contributed by atoms with van der Waals surface area (Å²) in [7, 11) is 3.27. The van der Waals surface area contributed by atoms with Gasteiger partial charge in [0.2, 0.25) is 0 Å². The molecule has 0 radical (unpaired) electrons. The van der Waals surface area contributed by atoms with E-state index in [2.05, 4.69) is 21.3 Å². The number of anilines is 1. The number of pyridine rings is 1. The quantitative estimate of drug-likeness (QED) is 0.526. The first-order chi connectivity index (χ1) is 14.1. The summed E-state index contributed by atoms with van der Waals surface area (Å²) in [5.41, 5.74) is 9.36. The second-order valence-corrected chi connectivity index (χ2v) is 7.20. The molecule has 156 valence electrons. The molecule has 1 aromatic carbocycles. The fourth-order valence-electron chi connectivity index (χ4n) is 3.50. The Bertz CT molecular complexity index is 847. The van der Waals surface area contributed by atoms with Crippen LogP contribution in [0.4, 0.5) is 5.82 Å². The Kier molecular flexibility index (Phi) is 7.16. The summed E-state index contributed by atoms with van der Waals surface area (Å²) in [6.07, 6.45) is 3.25. The normalized spacial score (nSPS) is 14.2. The Labute approximate surface area is 172 Å². The molecule has 0 bridgehead atoms. The maximum atomic E-state index is 6.08. The Morgan fingerprint density at radius 1 is 1.14 bits per heavy atom. The van der Waals surface area contributed by atoms with E-state index < -0.39 is 0 Å². The van der Waals surface area contributed by atoms with Gasteiger partial charge in [0.25, 0.3) is 0 Å². The Balaban J connectivity index is 1.56. The van der Waals surface area contributed by atoms with E-state index >= 15 is 0 Å². The second-order valence-electron chi connectivity index (χ2n) is 7.20. The van der Waals surface area contributed by atoms with Crippen molar-refractivity contribution in [1.29, 1.82) is 0 Å². The number of nitrogens with zero attached hydrogens (tertiary/aromatic N) is 3. The van der Waals surface area contributed by atoms with Crippen LogP contribution in [0.5, 0.6) is 11.5 Å². The molecule has 1 saturated heterocycles. The molecular formula is C22H31N5O2. The third kappa shape index (κ3) is 5.53. The summed E-state index contributed by atoms with van der Waals surface area (Å²) in [6.45, 7) is 5.36. The van der Waals surface area contributed by atoms with E-state index in [0.29, 0.717) is 19.0 Å². The minimum atomic E-state index is 0.443. The molecule has 1 fully saturated rings. The first-order valence-electron chi connectivity index (χ1n) is 10.1. The lowest BCUT2D eigenvalue weighted by molar-refractivity contribution is 0.354. The molecule has 7 heteroatoms. The molecule has 0 unspecified atom stereocenters. The number of aryl methyl sites for hydroxylation is 1. The van der Waals surface area contributed by atoms with Gasteiger partial charge >= 0.3 is 0 Å². The van der Waals surface area contributed by atoms with Crippen LogP contribution in [0.15, 0.2) is 35.3 Å². The summed E-state index contributed by atoms with van der Waals surface area (Å²) in [6, 6.07) is 10.1. The summed E-state index contributed by atoms with van der Waals surface area (Å²) < 4.78 is 10.6. The fraction of sp³-hybridized carbons (Fsp3) is 0.455. The lowest BCUT2D eigenvalue weighted by Crippen LogP contribution is -2.33. The van der Waals surface area contributed by atoms with E-state index in [1.165, 1.54) is 12.8 Å². The van der Waals surface area contributed by atoms with Crippen molar-refractivity contribution in [3.8, 4) is 11.5 Å². The smallest absolute Gasteiger partial charge is 0.188 e. The van der Waals surface area contributed by atoms with Gasteiger partial charge < -0.3 is 25.4 Å². The highest BCUT2D eigenvalue weighted by Gasteiger charge is 2.17. The standard InChI is InChI=1S/C22H31N5O2/c1-16-6-8-18(21(26-16)27-12-4-5-13-27)15-25-22(23)24-11-10-17-7-9-19(28-2)20(14-17)29-3/h6-9,14H,4-5,10-13,15H2,1-3H3,(H3,23,24,25). The van der Waals surface area contributed by atoms with Gasteiger partial charge in [-0.15, -0.1) is 0 Å². The zero-order chi connectivity index (χ0) is 20.6. The molecule has 0 amide bonds. The molecule has 0 atom stereocenters. The van der Waals surface area contributed by atoms with Crippen molar-refractivity contribution in [3.05, 3.63) is 47.2 Å². The van der Waals surface area contributed by atoms with Gasteiger partial charge in [0, 0.05) is 30.9 Å². The molecule has 0 spiro atoms. The van der Waals surface area contributed by atoms with Crippen LogP contribution in [0.25, 0.3) is 0 Å². The Morgan fingerprint density at radius 3 is 2.62 bits per heavy atom. The highest BCUT2D eigenvalue weighted by Crippen LogP contribution is 2.27. The molecular weight excluding hydrogens is 366 g/mol. The van der Waals surface area contributed by atoms with Crippen molar-refractivity contribution in [2.24, 2.45) is 10.7 Å². The van der Waals surface area contributed by atoms with E-state index in [4.69, 9.17) is 20.2 Å². The topological polar surface area (TPSA) is 85.0 Å². The number of hydrogen-bond acceptors (Lipinski definition) is 5. The van der Waals surface area contributed by atoms with E-state index in [1.807, 2.05) is 31.2 Å². The fourth-order valence-corrected chi connectivity index (χ4v) is 3.50. The lowest BCUT2D eigenvalue weighted by Gasteiger charge is -2.20. The molecule has 2 aromatic rings. The van der Waals surface area contributed by atoms with E-state index in [1.54, 1.807) is 14.2 Å². The predicted octanol–water partition coefficient (Wildman–Crippen LogP) is 2.65. The monoisotopic (exact) mass is 397 g/mol. The molecule has 1 aromatic heterocycles. The third-order valence-corrected chi connectivity index (χ3v) is 5.09. The molecule has 3 N–H and O–H groups in total. The van der Waals surface area contributed by atoms with Gasteiger partial charge in [0.1, 0.15) is 5.82 Å². The first kappa shape index (κ1) is 20.8. The zero-order valence-electron chi connectivity index (χ0n) is 17.6. The first-order valence-corrected chi connectivity index (χ1v) is 10.1. The third-order valence-electron chi connectivity index (χ3n) is 5.09. The van der Waals surface area contributed by atoms with Crippen LogP contribution in [0.2, 0.25) is 0 Å². The molecule has 0 aliphatic carbocycles. The van der Waals surface area contributed by atoms with E-state index in [-0.39, 0.29) is 0 Å². The Hall–Kier alpha value is -2.96. The minimum absolute atomic E-state index is 0.443. The average Bonchev–Trinajstić information content (AvgIpc) is 3.27. The Morgan fingerprint density at radius 2 is 1.90 bits per heavy atom. The molecule has 0 saturated carbocycles. The number of rotatable bonds is 8. The summed E-state index contributed by atoms with van der Waals surface area (Å²) >= 11 is 0. The maximum Gasteiger partial charge on any atom is 0.188 e. The number of aromatic nitrogens is 1. The molecule has 1 aliphatic heterocycles. The number of methoxy groups -OCH3 is 2. The minimum Gasteiger partial charge on any atom is -0.493 e. The number of ether oxygens (including phenoxy) is 2. The average molecular weight is 398 g/mol.